The Morgan fingerprint density at radius 3 is 2.15 bits per heavy atom. The fourth-order valence-corrected chi connectivity index (χ4v) is 6.02. The molecule has 1 heterocycles. The van der Waals surface area contributed by atoms with E-state index in [2.05, 4.69) is 62.4 Å². The first-order valence-electron chi connectivity index (χ1n) is 9.21. The number of hydrogen-bond donors (Lipinski definition) is 0. The van der Waals surface area contributed by atoms with Gasteiger partial charge in [-0.15, -0.1) is 0 Å². The number of benzene rings is 3. The maximum atomic E-state index is 7.05. The first-order valence-corrected chi connectivity index (χ1v) is 9.97. The van der Waals surface area contributed by atoms with Gasteiger partial charge < -0.3 is 4.74 Å². The average Bonchev–Trinajstić information content (AvgIpc) is 3.09. The fourth-order valence-electron chi connectivity index (χ4n) is 4.94. The Hall–Kier alpha value is -1.96. The predicted octanol–water partition coefficient (Wildman–Crippen LogP) is 6.61. The van der Waals surface area contributed by atoms with Gasteiger partial charge in [-0.05, 0) is 24.1 Å². The number of para-hydroxylation sites is 1. The van der Waals surface area contributed by atoms with Crippen molar-refractivity contribution in [1.29, 1.82) is 0 Å². The predicted molar refractivity (Wildman–Crippen MR) is 111 cm³/mol. The van der Waals surface area contributed by atoms with Gasteiger partial charge in [0.25, 0.3) is 0 Å². The van der Waals surface area contributed by atoms with Crippen molar-refractivity contribution in [2.24, 2.45) is 5.41 Å². The second-order valence-electron chi connectivity index (χ2n) is 7.81. The molecule has 2 aliphatic rings. The highest BCUT2D eigenvalue weighted by atomic mass is 35.5. The molecule has 1 fully saturated rings. The van der Waals surface area contributed by atoms with Gasteiger partial charge in [0.05, 0.1) is 5.41 Å². The van der Waals surface area contributed by atoms with E-state index in [0.29, 0.717) is 0 Å². The molecule has 0 N–H and O–H groups in total. The summed E-state index contributed by atoms with van der Waals surface area (Å²) in [7, 11) is 0. The van der Waals surface area contributed by atoms with Crippen molar-refractivity contribution in [2.75, 3.05) is 0 Å². The monoisotopic (exact) mass is 394 g/mol. The smallest absolute Gasteiger partial charge is 0.177 e. The summed E-state index contributed by atoms with van der Waals surface area (Å²) in [5.74, 6) is 0.894. The Kier molecular flexibility index (Phi) is 3.51. The highest BCUT2D eigenvalue weighted by Gasteiger charge is 2.91. The van der Waals surface area contributed by atoms with Crippen LogP contribution in [0.25, 0.3) is 0 Å². The molecule has 0 aromatic heterocycles. The molecule has 0 saturated heterocycles. The maximum Gasteiger partial charge on any atom is 0.177 e. The first-order chi connectivity index (χ1) is 12.9. The summed E-state index contributed by atoms with van der Waals surface area (Å²) in [5, 5.41) is 0. The molecule has 1 nitrogen and oxygen atoms in total. The lowest BCUT2D eigenvalue weighted by Crippen LogP contribution is -2.33. The van der Waals surface area contributed by atoms with Crippen LogP contribution in [0.2, 0.25) is 0 Å². The first kappa shape index (κ1) is 17.2. The van der Waals surface area contributed by atoms with Crippen molar-refractivity contribution in [2.45, 2.75) is 29.7 Å². The van der Waals surface area contributed by atoms with E-state index >= 15 is 0 Å². The number of hydrogen-bond acceptors (Lipinski definition) is 1. The maximum absolute atomic E-state index is 7.05. The summed E-state index contributed by atoms with van der Waals surface area (Å²) in [6.45, 7) is 4.25. The van der Waals surface area contributed by atoms with Crippen LogP contribution in [0.15, 0.2) is 78.9 Å². The molecular weight excluding hydrogens is 375 g/mol. The third-order valence-electron chi connectivity index (χ3n) is 6.42. The molecule has 0 radical (unpaired) electrons. The van der Waals surface area contributed by atoms with Gasteiger partial charge in [0.1, 0.15) is 5.75 Å². The molecule has 0 spiro atoms. The van der Waals surface area contributed by atoms with E-state index in [1.807, 2.05) is 30.3 Å². The minimum atomic E-state index is -1.05. The van der Waals surface area contributed by atoms with E-state index in [1.165, 1.54) is 11.1 Å². The third kappa shape index (κ3) is 1.97. The summed E-state index contributed by atoms with van der Waals surface area (Å²) in [6.07, 6.45) is 0. The highest BCUT2D eigenvalue weighted by molar-refractivity contribution is 6.53. The van der Waals surface area contributed by atoms with Crippen molar-refractivity contribution < 1.29 is 4.74 Å². The van der Waals surface area contributed by atoms with Crippen LogP contribution in [0.1, 0.15) is 35.1 Å². The van der Waals surface area contributed by atoms with Crippen LogP contribution in [0.3, 0.4) is 0 Å². The quantitative estimate of drug-likeness (QED) is 0.444. The molecule has 3 heteroatoms. The van der Waals surface area contributed by atoms with Crippen molar-refractivity contribution in [3.8, 4) is 5.75 Å². The molecule has 3 atom stereocenters. The van der Waals surface area contributed by atoms with Crippen LogP contribution in [0, 0.1) is 12.3 Å². The minimum Gasteiger partial charge on any atom is -0.478 e. The van der Waals surface area contributed by atoms with Gasteiger partial charge in [-0.25, -0.2) is 0 Å². The average molecular weight is 395 g/mol. The lowest BCUT2D eigenvalue weighted by Gasteiger charge is -2.36. The van der Waals surface area contributed by atoms with Crippen LogP contribution < -0.4 is 4.74 Å². The van der Waals surface area contributed by atoms with E-state index in [9.17, 15) is 0 Å². The van der Waals surface area contributed by atoms with Crippen LogP contribution in [0.5, 0.6) is 5.75 Å². The molecule has 3 aromatic carbocycles. The Morgan fingerprint density at radius 2 is 1.44 bits per heavy atom. The molecular formula is C24H20Cl2O. The van der Waals surface area contributed by atoms with Crippen molar-refractivity contribution in [3.05, 3.63) is 101 Å². The largest absolute Gasteiger partial charge is 0.478 e. The van der Waals surface area contributed by atoms with E-state index < -0.39 is 15.3 Å². The minimum absolute atomic E-state index is 0.0401. The molecule has 5 rings (SSSR count). The zero-order valence-corrected chi connectivity index (χ0v) is 16.8. The molecule has 1 aliphatic heterocycles. The van der Waals surface area contributed by atoms with E-state index in [4.69, 9.17) is 27.9 Å². The van der Waals surface area contributed by atoms with Crippen molar-refractivity contribution >= 4 is 23.2 Å². The van der Waals surface area contributed by atoms with Crippen LogP contribution in [-0.2, 0) is 5.60 Å². The molecule has 0 unspecified atom stereocenters. The number of fused-ring (bicyclic) bond motifs is 2. The van der Waals surface area contributed by atoms with Crippen LogP contribution in [-0.4, -0.2) is 4.33 Å². The molecule has 1 saturated carbocycles. The molecule has 0 bridgehead atoms. The Balaban J connectivity index is 1.79. The zero-order valence-electron chi connectivity index (χ0n) is 15.2. The number of ether oxygens (including phenoxy) is 1. The molecule has 0 amide bonds. The van der Waals surface area contributed by atoms with E-state index in [0.717, 1.165) is 16.9 Å². The van der Waals surface area contributed by atoms with Gasteiger partial charge in [-0.1, -0.05) is 108 Å². The van der Waals surface area contributed by atoms with Gasteiger partial charge >= 0.3 is 0 Å². The van der Waals surface area contributed by atoms with E-state index in [1.54, 1.807) is 0 Å². The second kappa shape index (κ2) is 5.53. The van der Waals surface area contributed by atoms with Gasteiger partial charge in [0.15, 0.2) is 9.93 Å². The Morgan fingerprint density at radius 1 is 0.815 bits per heavy atom. The van der Waals surface area contributed by atoms with Crippen LogP contribution >= 0.6 is 23.2 Å². The van der Waals surface area contributed by atoms with Crippen molar-refractivity contribution in [1.82, 2.24) is 0 Å². The number of alkyl halides is 2. The van der Waals surface area contributed by atoms with Gasteiger partial charge in [0.2, 0.25) is 0 Å². The third-order valence-corrected chi connectivity index (χ3v) is 7.74. The summed E-state index contributed by atoms with van der Waals surface area (Å²) < 4.78 is 5.56. The lowest BCUT2D eigenvalue weighted by molar-refractivity contribution is 0.102. The molecule has 136 valence electrons. The molecule has 3 aromatic rings. The number of rotatable bonds is 2. The summed E-state index contributed by atoms with van der Waals surface area (Å²) in [6, 6.07) is 27.0. The normalized spacial score (nSPS) is 30.0. The van der Waals surface area contributed by atoms with Gasteiger partial charge in [-0.2, -0.15) is 0 Å². The second-order valence-corrected chi connectivity index (χ2v) is 9.13. The summed E-state index contributed by atoms with van der Waals surface area (Å²) in [4.78, 5) is 0. The Bertz CT molecular complexity index is 1010. The van der Waals surface area contributed by atoms with Crippen LogP contribution in [0.4, 0.5) is 0 Å². The number of halogens is 2. The van der Waals surface area contributed by atoms with Crippen molar-refractivity contribution in [3.63, 3.8) is 0 Å². The Labute approximate surface area is 169 Å². The van der Waals surface area contributed by atoms with E-state index in [-0.39, 0.29) is 5.92 Å². The summed E-state index contributed by atoms with van der Waals surface area (Å²) >= 11 is 14.1. The highest BCUT2D eigenvalue weighted by Crippen LogP contribution is 2.85. The topological polar surface area (TPSA) is 9.23 Å². The summed E-state index contributed by atoms with van der Waals surface area (Å²) in [5.41, 5.74) is 3.32. The number of aryl methyl sites for hydroxylation is 1. The SMILES string of the molecule is Cc1ccc([C@@H]2c3ccccc3O[C@@]3(c4ccccc4)C(Cl)(Cl)[C@@]23C)cc1. The zero-order chi connectivity index (χ0) is 18.9. The molecule has 1 aliphatic carbocycles. The lowest BCUT2D eigenvalue weighted by atomic mass is 9.74. The fraction of sp³-hybridized carbons (Fsp3) is 0.250. The standard InChI is InChI=1S/C24H20Cl2O/c1-16-12-14-17(15-13-16)21-19-10-6-7-11-20(19)27-23(18-8-4-3-5-9-18)22(21,2)24(23,25)26/h3-15,21H,1-2H3/t21-,22+,23-/m1/s1. The van der Waals surface area contributed by atoms with Gasteiger partial charge in [-0.3, -0.25) is 0 Å². The molecule has 27 heavy (non-hydrogen) atoms. The van der Waals surface area contributed by atoms with Gasteiger partial charge in [0, 0.05) is 11.5 Å².